The third-order valence-corrected chi connectivity index (χ3v) is 18.9. The van der Waals surface area contributed by atoms with Crippen LogP contribution in [0.15, 0.2) is 231 Å². The first-order chi connectivity index (χ1) is 38.6. The molecular weight excluding hydrogens is 1130 g/mol. The summed E-state index contributed by atoms with van der Waals surface area (Å²) in [4.78, 5) is 0. The Kier molecular flexibility index (Phi) is 21.0. The van der Waals surface area contributed by atoms with Crippen LogP contribution in [-0.2, 0) is 48.5 Å². The SMILES string of the molecule is CS(=O)(=O)C(F)(F)COCC(O)c1ccccc1.Cc1ccc(C(c2ccccc2)(c2ccccc2)S(=O)(=O)C(F)(F)COCC(O)c2ccccc2)cc1.Cc1ccc(C(c2ccccc2)(c2ccccc2)S(=O)(=O)C(F)(F)F)cc1. The van der Waals surface area contributed by atoms with E-state index in [2.05, 4.69) is 4.74 Å². The molecule has 434 valence electrons. The Balaban J connectivity index is 0.000000211. The molecule has 0 radical (unpaired) electrons. The van der Waals surface area contributed by atoms with E-state index in [9.17, 15) is 57.4 Å². The number of sulfone groups is 3. The van der Waals surface area contributed by atoms with Crippen molar-refractivity contribution >= 4 is 29.5 Å². The van der Waals surface area contributed by atoms with E-state index >= 15 is 8.78 Å². The van der Waals surface area contributed by atoms with Crippen LogP contribution in [0.4, 0.5) is 30.7 Å². The summed E-state index contributed by atoms with van der Waals surface area (Å²) in [6, 6.07) is 60.6. The Morgan fingerprint density at radius 1 is 0.366 bits per heavy atom. The molecule has 2 unspecified atom stereocenters. The molecule has 8 aromatic carbocycles. The number of hydrogen-bond acceptors (Lipinski definition) is 10. The van der Waals surface area contributed by atoms with Crippen molar-refractivity contribution in [2.24, 2.45) is 0 Å². The van der Waals surface area contributed by atoms with Crippen molar-refractivity contribution < 1.29 is 75.7 Å². The molecule has 2 atom stereocenters. The molecule has 0 aliphatic heterocycles. The summed E-state index contributed by atoms with van der Waals surface area (Å²) in [5.74, 6) is 0. The maximum atomic E-state index is 15.9. The number of hydrogen-bond donors (Lipinski definition) is 2. The first-order valence-corrected chi connectivity index (χ1v) is 30.0. The van der Waals surface area contributed by atoms with Gasteiger partial charge in [0.25, 0.3) is 9.84 Å². The predicted molar refractivity (Wildman–Crippen MR) is 301 cm³/mol. The van der Waals surface area contributed by atoms with Gasteiger partial charge in [0.1, 0.15) is 25.4 Å². The second-order valence-corrected chi connectivity index (χ2v) is 25.4. The minimum atomic E-state index is -5.67. The minimum absolute atomic E-state index is 0.0392. The van der Waals surface area contributed by atoms with Crippen molar-refractivity contribution in [1.29, 1.82) is 0 Å². The Morgan fingerprint density at radius 3 is 0.878 bits per heavy atom. The van der Waals surface area contributed by atoms with Crippen molar-refractivity contribution in [3.8, 4) is 0 Å². The van der Waals surface area contributed by atoms with Crippen molar-refractivity contribution in [3.63, 3.8) is 0 Å². The zero-order valence-electron chi connectivity index (χ0n) is 44.5. The molecule has 0 aliphatic rings. The number of aryl methyl sites for hydroxylation is 2. The van der Waals surface area contributed by atoms with Gasteiger partial charge in [-0.1, -0.05) is 242 Å². The number of aliphatic hydroxyl groups is 2. The third kappa shape index (κ3) is 14.1. The van der Waals surface area contributed by atoms with E-state index in [1.807, 2.05) is 6.92 Å². The molecule has 8 rings (SSSR count). The molecule has 0 heterocycles. The van der Waals surface area contributed by atoms with Crippen LogP contribution in [0.1, 0.15) is 67.8 Å². The molecule has 0 saturated carbocycles. The number of halogens is 7. The highest BCUT2D eigenvalue weighted by Gasteiger charge is 2.63. The van der Waals surface area contributed by atoms with Crippen LogP contribution in [0.5, 0.6) is 0 Å². The molecule has 20 heteroatoms. The van der Waals surface area contributed by atoms with E-state index in [1.54, 1.807) is 177 Å². The van der Waals surface area contributed by atoms with Crippen molar-refractivity contribution in [1.82, 2.24) is 0 Å². The van der Waals surface area contributed by atoms with Crippen LogP contribution in [0.2, 0.25) is 0 Å². The van der Waals surface area contributed by atoms with Gasteiger partial charge in [0, 0.05) is 6.26 Å². The lowest BCUT2D eigenvalue weighted by atomic mass is 9.84. The third-order valence-electron chi connectivity index (χ3n) is 13.1. The zero-order chi connectivity index (χ0) is 60.0. The largest absolute Gasteiger partial charge is 0.498 e. The van der Waals surface area contributed by atoms with Crippen LogP contribution < -0.4 is 0 Å². The average Bonchev–Trinajstić information content (AvgIpc) is 3.51. The van der Waals surface area contributed by atoms with E-state index in [0.717, 1.165) is 11.1 Å². The number of alkyl halides is 7. The van der Waals surface area contributed by atoms with Crippen LogP contribution >= 0.6 is 0 Å². The highest BCUT2D eigenvalue weighted by atomic mass is 32.2. The summed E-state index contributed by atoms with van der Waals surface area (Å²) in [7, 11) is -15.5. The molecule has 8 aromatic rings. The molecule has 10 nitrogen and oxygen atoms in total. The average molecular weight is 1190 g/mol. The van der Waals surface area contributed by atoms with E-state index < -0.39 is 93.7 Å². The maximum Gasteiger partial charge on any atom is 0.498 e. The quantitative estimate of drug-likeness (QED) is 0.0555. The van der Waals surface area contributed by atoms with Crippen LogP contribution in [0.25, 0.3) is 0 Å². The van der Waals surface area contributed by atoms with Gasteiger partial charge < -0.3 is 19.7 Å². The van der Waals surface area contributed by atoms with Gasteiger partial charge in [-0.3, -0.25) is 0 Å². The molecule has 0 aromatic heterocycles. The first kappa shape index (κ1) is 64.1. The highest BCUT2D eigenvalue weighted by molar-refractivity contribution is 7.94. The summed E-state index contributed by atoms with van der Waals surface area (Å²) in [5, 5.41) is 11.7. The second-order valence-electron chi connectivity index (χ2n) is 18.9. The Hall–Kier alpha value is -7.04. The molecule has 0 amide bonds. The van der Waals surface area contributed by atoms with Gasteiger partial charge in [-0.25, -0.2) is 25.3 Å². The topological polar surface area (TPSA) is 161 Å². The Labute approximate surface area is 473 Å². The lowest BCUT2D eigenvalue weighted by Crippen LogP contribution is -2.49. The van der Waals surface area contributed by atoms with Crippen molar-refractivity contribution in [2.45, 2.75) is 51.6 Å². The fraction of sp³-hybridized carbons (Fsp3) is 0.226. The molecule has 0 saturated heterocycles. The highest BCUT2D eigenvalue weighted by Crippen LogP contribution is 2.51. The molecule has 0 bridgehead atoms. The number of ether oxygens (including phenoxy) is 2. The van der Waals surface area contributed by atoms with E-state index in [1.165, 1.54) is 60.7 Å². The van der Waals surface area contributed by atoms with Gasteiger partial charge in [0.2, 0.25) is 19.7 Å². The summed E-state index contributed by atoms with van der Waals surface area (Å²) < 4.78 is 180. The summed E-state index contributed by atoms with van der Waals surface area (Å²) in [5.41, 5.74) is -2.07. The maximum absolute atomic E-state index is 15.9. The Morgan fingerprint density at radius 2 is 0.610 bits per heavy atom. The summed E-state index contributed by atoms with van der Waals surface area (Å²) in [6.07, 6.45) is -1.81. The molecule has 0 aliphatic carbocycles. The first-order valence-electron chi connectivity index (χ1n) is 25.1. The van der Waals surface area contributed by atoms with E-state index in [-0.39, 0.29) is 33.4 Å². The lowest BCUT2D eigenvalue weighted by Gasteiger charge is -2.38. The number of benzene rings is 8. The molecule has 0 fully saturated rings. The summed E-state index contributed by atoms with van der Waals surface area (Å²) in [6.45, 7) is 0.0704. The lowest BCUT2D eigenvalue weighted by molar-refractivity contribution is -0.0452. The van der Waals surface area contributed by atoms with E-state index in [4.69, 9.17) is 4.74 Å². The second kappa shape index (κ2) is 26.9. The van der Waals surface area contributed by atoms with Crippen molar-refractivity contribution in [3.05, 3.63) is 286 Å². The van der Waals surface area contributed by atoms with Gasteiger partial charge in [-0.2, -0.15) is 30.7 Å². The molecule has 82 heavy (non-hydrogen) atoms. The Bertz CT molecular complexity index is 3530. The van der Waals surface area contributed by atoms with E-state index in [0.29, 0.717) is 17.4 Å². The van der Waals surface area contributed by atoms with Crippen molar-refractivity contribution in [2.75, 3.05) is 32.7 Å². The van der Waals surface area contributed by atoms with Gasteiger partial charge in [-0.05, 0) is 58.4 Å². The fourth-order valence-electron chi connectivity index (χ4n) is 8.90. The normalized spacial score (nSPS) is 13.4. The van der Waals surface area contributed by atoms with Gasteiger partial charge in [0.05, 0.1) is 13.2 Å². The fourth-order valence-corrected chi connectivity index (χ4v) is 12.9. The van der Waals surface area contributed by atoms with Crippen LogP contribution in [0.3, 0.4) is 0 Å². The van der Waals surface area contributed by atoms with Crippen LogP contribution in [0, 0.1) is 13.8 Å². The minimum Gasteiger partial charge on any atom is -0.386 e. The molecular formula is C62H59F7O10S3. The molecule has 2 N–H and O–H groups in total. The van der Waals surface area contributed by atoms with Gasteiger partial charge in [-0.15, -0.1) is 0 Å². The van der Waals surface area contributed by atoms with Crippen LogP contribution in [-0.4, -0.2) is 84.2 Å². The summed E-state index contributed by atoms with van der Waals surface area (Å²) >= 11 is 0. The van der Waals surface area contributed by atoms with Gasteiger partial charge >= 0.3 is 16.0 Å². The van der Waals surface area contributed by atoms with Gasteiger partial charge in [0.15, 0.2) is 9.49 Å². The standard InChI is InChI=1S/C30H28F2O4S.C21H17F3O2S.C11H14F2O4S/c1-23-17-19-27(20-18-23)30(25-13-7-3-8-14-25,26-15-9-4-10-16-26)37(34,35)29(31,32)22-36-21-28(33)24-11-5-2-6-12-24;1-16-12-14-19(15-13-16)20(17-8-4-2-5-9-17,18-10-6-3-7-11-18)27(25,26)21(22,23)24;1-18(15,16)11(12,13)8-17-7-10(14)9-5-3-2-4-6-9/h2-20,28,33H,21-22H2,1H3;2-15H,1H3;2-6,10,14H,7-8H2,1H3. The zero-order valence-corrected chi connectivity index (χ0v) is 46.9. The number of rotatable bonds is 20. The number of aliphatic hydroxyl groups excluding tert-OH is 2. The monoisotopic (exact) mass is 1190 g/mol. The molecule has 0 spiro atoms. The smallest absolute Gasteiger partial charge is 0.386 e. The predicted octanol–water partition coefficient (Wildman–Crippen LogP) is 12.6.